The lowest BCUT2D eigenvalue weighted by Crippen LogP contribution is -2.27. The van der Waals surface area contributed by atoms with E-state index in [0.717, 1.165) is 40.7 Å². The average molecular weight is 416 g/mol. The molecule has 1 aromatic heterocycles. The van der Waals surface area contributed by atoms with E-state index in [1.165, 1.54) is 5.56 Å². The number of nitrogens with one attached hydrogen (secondary N) is 2. The third-order valence-electron chi connectivity index (χ3n) is 4.91. The number of hydrogen-bond donors (Lipinski definition) is 2. The lowest BCUT2D eigenvalue weighted by molar-refractivity contribution is 0.414. The highest BCUT2D eigenvalue weighted by atomic mass is 32.2. The minimum Gasteiger partial charge on any atom is -0.497 e. The standard InChI is InChI=1S/C22H29N3O3S/c1-25(2)13-11-19-15-23-22-9-6-18(14-21(19)22)16-29(26,27)24-12-10-17-4-7-20(28-3)8-5-17/h4-9,14-15,23-24H,10-13,16H2,1-3H3. The van der Waals surface area contributed by atoms with Crippen LogP contribution in [0.4, 0.5) is 0 Å². The number of likely N-dealkylation sites (N-methyl/N-ethyl adjacent to an activating group) is 1. The van der Waals surface area contributed by atoms with Crippen molar-refractivity contribution in [1.82, 2.24) is 14.6 Å². The summed E-state index contributed by atoms with van der Waals surface area (Å²) in [7, 11) is 2.32. The second kappa shape index (κ2) is 9.43. The monoisotopic (exact) mass is 415 g/mol. The van der Waals surface area contributed by atoms with Crippen LogP contribution < -0.4 is 9.46 Å². The van der Waals surface area contributed by atoms with E-state index in [1.807, 2.05) is 62.8 Å². The first-order valence-corrected chi connectivity index (χ1v) is 11.4. The largest absolute Gasteiger partial charge is 0.497 e. The Morgan fingerprint density at radius 2 is 1.76 bits per heavy atom. The Balaban J connectivity index is 1.61. The van der Waals surface area contributed by atoms with Crippen LogP contribution in [0.1, 0.15) is 16.7 Å². The van der Waals surface area contributed by atoms with Gasteiger partial charge in [0.25, 0.3) is 0 Å². The van der Waals surface area contributed by atoms with Crippen molar-refractivity contribution in [2.45, 2.75) is 18.6 Å². The molecule has 156 valence electrons. The highest BCUT2D eigenvalue weighted by molar-refractivity contribution is 7.88. The van der Waals surface area contributed by atoms with Gasteiger partial charge in [0, 0.05) is 30.2 Å². The van der Waals surface area contributed by atoms with Gasteiger partial charge in [-0.2, -0.15) is 0 Å². The summed E-state index contributed by atoms with van der Waals surface area (Å²) < 4.78 is 32.9. The number of ether oxygens (including phenoxy) is 1. The van der Waals surface area contributed by atoms with Crippen LogP contribution in [0.3, 0.4) is 0 Å². The van der Waals surface area contributed by atoms with Crippen molar-refractivity contribution in [1.29, 1.82) is 0 Å². The number of aromatic amines is 1. The van der Waals surface area contributed by atoms with Gasteiger partial charge in [0.05, 0.1) is 12.9 Å². The van der Waals surface area contributed by atoms with Gasteiger partial charge in [-0.05, 0) is 67.9 Å². The van der Waals surface area contributed by atoms with Crippen molar-refractivity contribution < 1.29 is 13.2 Å². The van der Waals surface area contributed by atoms with Crippen molar-refractivity contribution in [2.24, 2.45) is 0 Å². The van der Waals surface area contributed by atoms with Gasteiger partial charge >= 0.3 is 0 Å². The fourth-order valence-corrected chi connectivity index (χ4v) is 4.41. The normalized spacial score (nSPS) is 12.0. The van der Waals surface area contributed by atoms with E-state index >= 15 is 0 Å². The summed E-state index contributed by atoms with van der Waals surface area (Å²) in [5.41, 5.74) is 4.10. The van der Waals surface area contributed by atoms with E-state index in [9.17, 15) is 8.42 Å². The highest BCUT2D eigenvalue weighted by Gasteiger charge is 2.13. The molecular formula is C22H29N3O3S. The van der Waals surface area contributed by atoms with Crippen LogP contribution in [0.15, 0.2) is 48.7 Å². The molecule has 0 saturated carbocycles. The minimum absolute atomic E-state index is 0.0240. The number of rotatable bonds is 10. The summed E-state index contributed by atoms with van der Waals surface area (Å²) in [5, 5.41) is 1.10. The first-order valence-electron chi connectivity index (χ1n) is 9.70. The summed E-state index contributed by atoms with van der Waals surface area (Å²) in [6.45, 7) is 1.32. The Morgan fingerprint density at radius 3 is 2.45 bits per heavy atom. The van der Waals surface area contributed by atoms with Gasteiger partial charge in [-0.25, -0.2) is 13.1 Å². The van der Waals surface area contributed by atoms with Gasteiger partial charge in [-0.1, -0.05) is 18.2 Å². The number of methoxy groups -OCH3 is 1. The maximum absolute atomic E-state index is 12.5. The van der Waals surface area contributed by atoms with Crippen molar-refractivity contribution in [2.75, 3.05) is 34.3 Å². The zero-order chi connectivity index (χ0) is 20.9. The van der Waals surface area contributed by atoms with Gasteiger partial charge in [0.1, 0.15) is 5.75 Å². The maximum Gasteiger partial charge on any atom is 0.215 e. The fraction of sp³-hybridized carbons (Fsp3) is 0.364. The molecule has 0 unspecified atom stereocenters. The van der Waals surface area contributed by atoms with Crippen LogP contribution in [0, 0.1) is 0 Å². The van der Waals surface area contributed by atoms with E-state index < -0.39 is 10.0 Å². The first kappa shape index (κ1) is 21.4. The summed E-state index contributed by atoms with van der Waals surface area (Å²) in [6, 6.07) is 13.5. The molecule has 0 aliphatic heterocycles. The Morgan fingerprint density at radius 1 is 1.03 bits per heavy atom. The molecule has 0 amide bonds. The first-order chi connectivity index (χ1) is 13.9. The third kappa shape index (κ3) is 6.06. The zero-order valence-corrected chi connectivity index (χ0v) is 18.1. The predicted molar refractivity (Wildman–Crippen MR) is 118 cm³/mol. The summed E-state index contributed by atoms with van der Waals surface area (Å²) >= 11 is 0. The van der Waals surface area contributed by atoms with Crippen LogP contribution >= 0.6 is 0 Å². The molecule has 0 aliphatic carbocycles. The Labute approximate surface area is 172 Å². The molecule has 0 bridgehead atoms. The zero-order valence-electron chi connectivity index (χ0n) is 17.2. The molecule has 2 N–H and O–H groups in total. The van der Waals surface area contributed by atoms with E-state index in [1.54, 1.807) is 7.11 Å². The Hall–Kier alpha value is -2.35. The SMILES string of the molecule is COc1ccc(CCNS(=O)(=O)Cc2ccc3[nH]cc(CCN(C)C)c3c2)cc1. The molecule has 6 nitrogen and oxygen atoms in total. The van der Waals surface area contributed by atoms with Crippen molar-refractivity contribution in [3.05, 3.63) is 65.4 Å². The lowest BCUT2D eigenvalue weighted by Gasteiger charge is -2.09. The smallest absolute Gasteiger partial charge is 0.215 e. The highest BCUT2D eigenvalue weighted by Crippen LogP contribution is 2.21. The molecule has 0 radical (unpaired) electrons. The lowest BCUT2D eigenvalue weighted by atomic mass is 10.1. The molecule has 0 atom stereocenters. The van der Waals surface area contributed by atoms with E-state index in [4.69, 9.17) is 4.74 Å². The van der Waals surface area contributed by atoms with Crippen LogP contribution in [0.25, 0.3) is 10.9 Å². The predicted octanol–water partition coefficient (Wildman–Crippen LogP) is 2.94. The number of H-pyrrole nitrogens is 1. The third-order valence-corrected chi connectivity index (χ3v) is 6.27. The van der Waals surface area contributed by atoms with Crippen molar-refractivity contribution >= 4 is 20.9 Å². The fourth-order valence-electron chi connectivity index (χ4n) is 3.28. The number of hydrogen-bond acceptors (Lipinski definition) is 4. The van der Waals surface area contributed by atoms with E-state index in [0.29, 0.717) is 13.0 Å². The molecule has 2 aromatic carbocycles. The van der Waals surface area contributed by atoms with Gasteiger partial charge in [-0.3, -0.25) is 0 Å². The van der Waals surface area contributed by atoms with Gasteiger partial charge < -0.3 is 14.6 Å². The molecule has 0 aliphatic rings. The van der Waals surface area contributed by atoms with Gasteiger partial charge in [0.2, 0.25) is 10.0 Å². The van der Waals surface area contributed by atoms with Crippen LogP contribution in [0.5, 0.6) is 5.75 Å². The number of benzene rings is 2. The topological polar surface area (TPSA) is 74.4 Å². The Kier molecular flexibility index (Phi) is 6.95. The van der Waals surface area contributed by atoms with E-state index in [-0.39, 0.29) is 5.75 Å². The molecule has 29 heavy (non-hydrogen) atoms. The number of sulfonamides is 1. The molecule has 1 heterocycles. The maximum atomic E-state index is 12.5. The number of fused-ring (bicyclic) bond motifs is 1. The van der Waals surface area contributed by atoms with E-state index in [2.05, 4.69) is 14.6 Å². The van der Waals surface area contributed by atoms with Gasteiger partial charge in [0.15, 0.2) is 0 Å². The average Bonchev–Trinajstić information content (AvgIpc) is 3.08. The molecular weight excluding hydrogens is 386 g/mol. The summed E-state index contributed by atoms with van der Waals surface area (Å²) in [6.07, 6.45) is 3.57. The van der Waals surface area contributed by atoms with Crippen molar-refractivity contribution in [3.63, 3.8) is 0 Å². The summed E-state index contributed by atoms with van der Waals surface area (Å²) in [5.74, 6) is 0.767. The number of aromatic nitrogens is 1. The molecule has 0 saturated heterocycles. The molecule has 3 rings (SSSR count). The van der Waals surface area contributed by atoms with Crippen LogP contribution in [-0.4, -0.2) is 52.6 Å². The molecule has 3 aromatic rings. The Bertz CT molecular complexity index is 1040. The van der Waals surface area contributed by atoms with Crippen LogP contribution in [0.2, 0.25) is 0 Å². The number of nitrogens with zero attached hydrogens (tertiary/aromatic N) is 1. The second-order valence-electron chi connectivity index (χ2n) is 7.50. The van der Waals surface area contributed by atoms with Crippen molar-refractivity contribution in [3.8, 4) is 5.75 Å². The van der Waals surface area contributed by atoms with Crippen LogP contribution in [-0.2, 0) is 28.6 Å². The van der Waals surface area contributed by atoms with Gasteiger partial charge in [-0.15, -0.1) is 0 Å². The molecule has 7 heteroatoms. The molecule has 0 spiro atoms. The summed E-state index contributed by atoms with van der Waals surface area (Å²) in [4.78, 5) is 5.41. The second-order valence-corrected chi connectivity index (χ2v) is 9.31. The molecule has 0 fully saturated rings. The quantitative estimate of drug-likeness (QED) is 0.534. The minimum atomic E-state index is -3.40.